The zero-order chi connectivity index (χ0) is 12.2. The highest BCUT2D eigenvalue weighted by Crippen LogP contribution is 2.34. The van der Waals surface area contributed by atoms with Crippen LogP contribution in [-0.4, -0.2) is 19.1 Å². The van der Waals surface area contributed by atoms with Gasteiger partial charge in [0.2, 0.25) is 0 Å². The van der Waals surface area contributed by atoms with Crippen LogP contribution in [0.5, 0.6) is 0 Å². The van der Waals surface area contributed by atoms with E-state index in [9.17, 15) is 9.59 Å². The van der Waals surface area contributed by atoms with Crippen LogP contribution in [-0.2, 0) is 14.1 Å². The van der Waals surface area contributed by atoms with Gasteiger partial charge >= 0.3 is 5.69 Å². The second-order valence-corrected chi connectivity index (χ2v) is 4.65. The summed E-state index contributed by atoms with van der Waals surface area (Å²) in [6, 6.07) is 0. The Bertz CT molecular complexity index is 703. The van der Waals surface area contributed by atoms with E-state index in [2.05, 4.69) is 9.97 Å². The number of imidazole rings is 1. The fourth-order valence-electron chi connectivity index (χ4n) is 2.22. The molecule has 1 aliphatic carbocycles. The first-order valence-electron chi connectivity index (χ1n) is 5.75. The highest BCUT2D eigenvalue weighted by Gasteiger charge is 2.24. The molecule has 0 amide bonds. The SMILES string of the molecule is Cn1c(=O)c2[nH]c(C3CCC3)nc2n(C)c1=O. The highest BCUT2D eigenvalue weighted by atomic mass is 16.2. The lowest BCUT2D eigenvalue weighted by molar-refractivity contribution is 0.404. The number of rotatable bonds is 1. The van der Waals surface area contributed by atoms with E-state index in [4.69, 9.17) is 0 Å². The van der Waals surface area contributed by atoms with Gasteiger partial charge in [-0.05, 0) is 12.8 Å². The summed E-state index contributed by atoms with van der Waals surface area (Å²) in [6.07, 6.45) is 3.42. The van der Waals surface area contributed by atoms with Crippen molar-refractivity contribution in [3.63, 3.8) is 0 Å². The van der Waals surface area contributed by atoms with Gasteiger partial charge in [-0.2, -0.15) is 0 Å². The average Bonchev–Trinajstić information content (AvgIpc) is 2.66. The largest absolute Gasteiger partial charge is 0.336 e. The number of aryl methyl sites for hydroxylation is 1. The first-order valence-corrected chi connectivity index (χ1v) is 5.75. The molecule has 1 N–H and O–H groups in total. The third-order valence-corrected chi connectivity index (χ3v) is 3.60. The molecule has 0 saturated heterocycles. The predicted molar refractivity (Wildman–Crippen MR) is 63.2 cm³/mol. The van der Waals surface area contributed by atoms with Crippen LogP contribution in [0.25, 0.3) is 11.2 Å². The van der Waals surface area contributed by atoms with Gasteiger partial charge in [0.1, 0.15) is 11.3 Å². The first kappa shape index (κ1) is 10.3. The van der Waals surface area contributed by atoms with E-state index in [1.165, 1.54) is 18.0 Å². The molecule has 2 aromatic rings. The van der Waals surface area contributed by atoms with Crippen LogP contribution in [0.1, 0.15) is 31.0 Å². The smallest absolute Gasteiger partial charge is 0.332 e. The van der Waals surface area contributed by atoms with Gasteiger partial charge in [-0.15, -0.1) is 0 Å². The number of fused-ring (bicyclic) bond motifs is 1. The van der Waals surface area contributed by atoms with Crippen molar-refractivity contribution >= 4 is 11.2 Å². The summed E-state index contributed by atoms with van der Waals surface area (Å²) in [5, 5.41) is 0. The summed E-state index contributed by atoms with van der Waals surface area (Å²) in [4.78, 5) is 31.1. The van der Waals surface area contributed by atoms with Crippen LogP contribution in [0, 0.1) is 0 Å². The maximum Gasteiger partial charge on any atom is 0.332 e. The normalized spacial score (nSPS) is 16.4. The van der Waals surface area contributed by atoms with Crippen molar-refractivity contribution in [2.45, 2.75) is 25.2 Å². The second kappa shape index (κ2) is 3.32. The monoisotopic (exact) mass is 234 g/mol. The van der Waals surface area contributed by atoms with Gasteiger partial charge in [-0.3, -0.25) is 13.9 Å². The third-order valence-electron chi connectivity index (χ3n) is 3.60. The van der Waals surface area contributed by atoms with Crippen molar-refractivity contribution in [2.24, 2.45) is 14.1 Å². The number of hydrogen-bond donors (Lipinski definition) is 1. The van der Waals surface area contributed by atoms with Crippen molar-refractivity contribution in [1.29, 1.82) is 0 Å². The Kier molecular flexibility index (Phi) is 2.01. The van der Waals surface area contributed by atoms with Crippen molar-refractivity contribution < 1.29 is 0 Å². The average molecular weight is 234 g/mol. The fraction of sp³-hybridized carbons (Fsp3) is 0.545. The molecule has 1 saturated carbocycles. The van der Waals surface area contributed by atoms with Gasteiger partial charge in [-0.1, -0.05) is 6.42 Å². The molecule has 6 heteroatoms. The second-order valence-electron chi connectivity index (χ2n) is 4.65. The number of H-pyrrole nitrogens is 1. The van der Waals surface area contributed by atoms with E-state index in [1.807, 2.05) is 0 Å². The molecule has 1 aliphatic rings. The molecule has 3 rings (SSSR count). The summed E-state index contributed by atoms with van der Waals surface area (Å²) in [5.41, 5.74) is 0.242. The van der Waals surface area contributed by atoms with Crippen molar-refractivity contribution in [2.75, 3.05) is 0 Å². The van der Waals surface area contributed by atoms with Crippen LogP contribution >= 0.6 is 0 Å². The van der Waals surface area contributed by atoms with Crippen LogP contribution in [0.15, 0.2) is 9.59 Å². The molecule has 1 fully saturated rings. The molecular formula is C11H14N4O2. The van der Waals surface area contributed by atoms with Crippen molar-refractivity contribution in [3.8, 4) is 0 Å². The van der Waals surface area contributed by atoms with E-state index < -0.39 is 0 Å². The van der Waals surface area contributed by atoms with Gasteiger partial charge in [-0.25, -0.2) is 9.78 Å². The molecule has 2 aromatic heterocycles. The Morgan fingerprint density at radius 3 is 2.53 bits per heavy atom. The minimum atomic E-state index is -0.339. The number of nitrogens with one attached hydrogen (secondary N) is 1. The first-order chi connectivity index (χ1) is 8.09. The van der Waals surface area contributed by atoms with Gasteiger partial charge in [0.25, 0.3) is 5.56 Å². The summed E-state index contributed by atoms with van der Waals surface area (Å²) >= 11 is 0. The quantitative estimate of drug-likeness (QED) is 0.767. The summed E-state index contributed by atoms with van der Waals surface area (Å²) in [5.74, 6) is 1.26. The molecule has 0 aliphatic heterocycles. The van der Waals surface area contributed by atoms with E-state index in [-0.39, 0.29) is 11.2 Å². The Labute approximate surface area is 96.9 Å². The third kappa shape index (κ3) is 1.30. The predicted octanol–water partition coefficient (Wildman–Crippen LogP) is 0.228. The summed E-state index contributed by atoms with van der Waals surface area (Å²) < 4.78 is 2.51. The summed E-state index contributed by atoms with van der Waals surface area (Å²) in [7, 11) is 3.11. The molecule has 2 heterocycles. The van der Waals surface area contributed by atoms with Crippen LogP contribution in [0.2, 0.25) is 0 Å². The van der Waals surface area contributed by atoms with E-state index in [1.54, 1.807) is 7.05 Å². The molecule has 0 radical (unpaired) electrons. The minimum absolute atomic E-state index is 0.304. The van der Waals surface area contributed by atoms with Gasteiger partial charge in [0, 0.05) is 20.0 Å². The lowest BCUT2D eigenvalue weighted by Crippen LogP contribution is -2.36. The molecule has 90 valence electrons. The maximum absolute atomic E-state index is 11.9. The number of aromatic amines is 1. The summed E-state index contributed by atoms with van der Waals surface area (Å²) in [6.45, 7) is 0. The van der Waals surface area contributed by atoms with Crippen LogP contribution in [0.3, 0.4) is 0 Å². The standard InChI is InChI=1S/C11H14N4O2/c1-14-9-7(10(16)15(2)11(14)17)12-8(13-9)6-4-3-5-6/h6H,3-5H2,1-2H3,(H,12,13). The molecule has 0 atom stereocenters. The minimum Gasteiger partial charge on any atom is -0.336 e. The van der Waals surface area contributed by atoms with Crippen LogP contribution in [0.4, 0.5) is 0 Å². The van der Waals surface area contributed by atoms with Gasteiger partial charge in [0.05, 0.1) is 0 Å². The molecular weight excluding hydrogens is 220 g/mol. The lowest BCUT2D eigenvalue weighted by atomic mass is 9.85. The number of nitrogens with zero attached hydrogens (tertiary/aromatic N) is 3. The molecule has 0 bridgehead atoms. The number of aromatic nitrogens is 4. The molecule has 0 aromatic carbocycles. The Hall–Kier alpha value is -1.85. The van der Waals surface area contributed by atoms with E-state index in [0.717, 1.165) is 23.2 Å². The zero-order valence-corrected chi connectivity index (χ0v) is 9.86. The Morgan fingerprint density at radius 1 is 1.24 bits per heavy atom. The zero-order valence-electron chi connectivity index (χ0n) is 9.86. The van der Waals surface area contributed by atoms with E-state index >= 15 is 0 Å². The topological polar surface area (TPSA) is 72.7 Å². The molecule has 0 unspecified atom stereocenters. The van der Waals surface area contributed by atoms with Gasteiger partial charge in [0.15, 0.2) is 5.65 Å². The number of hydrogen-bond acceptors (Lipinski definition) is 3. The Balaban J connectivity index is 2.35. The van der Waals surface area contributed by atoms with Gasteiger partial charge < -0.3 is 4.98 Å². The Morgan fingerprint density at radius 2 is 1.94 bits per heavy atom. The fourth-order valence-corrected chi connectivity index (χ4v) is 2.22. The maximum atomic E-state index is 11.9. The molecule has 17 heavy (non-hydrogen) atoms. The lowest BCUT2D eigenvalue weighted by Gasteiger charge is -2.22. The molecule has 6 nitrogen and oxygen atoms in total. The van der Waals surface area contributed by atoms with Crippen molar-refractivity contribution in [3.05, 3.63) is 26.7 Å². The molecule has 0 spiro atoms. The van der Waals surface area contributed by atoms with E-state index in [0.29, 0.717) is 17.1 Å². The van der Waals surface area contributed by atoms with Crippen LogP contribution < -0.4 is 11.2 Å². The van der Waals surface area contributed by atoms with Crippen molar-refractivity contribution in [1.82, 2.24) is 19.1 Å². The highest BCUT2D eigenvalue weighted by molar-refractivity contribution is 5.69.